The summed E-state index contributed by atoms with van der Waals surface area (Å²) >= 11 is 0. The molecule has 1 aromatic carbocycles. The molecule has 1 atom stereocenters. The zero-order valence-electron chi connectivity index (χ0n) is 26.6. The van der Waals surface area contributed by atoms with E-state index in [0.717, 1.165) is 37.8 Å². The quantitative estimate of drug-likeness (QED) is 0.363. The molecule has 4 aliphatic rings. The summed E-state index contributed by atoms with van der Waals surface area (Å²) in [6.07, 6.45) is 4.40. The number of benzene rings is 1. The van der Waals surface area contributed by atoms with Crippen molar-refractivity contribution in [2.24, 2.45) is 5.92 Å². The molecule has 0 radical (unpaired) electrons. The summed E-state index contributed by atoms with van der Waals surface area (Å²) in [5.41, 5.74) is 0.0864. The fourth-order valence-electron chi connectivity index (χ4n) is 7.12. The van der Waals surface area contributed by atoms with Gasteiger partial charge < -0.3 is 29.5 Å². The summed E-state index contributed by atoms with van der Waals surface area (Å²) in [5, 5.41) is 19.0. The minimum absolute atomic E-state index is 0.0546. The third kappa shape index (κ3) is 6.67. The van der Waals surface area contributed by atoms with Gasteiger partial charge in [0.15, 0.2) is 0 Å². The lowest BCUT2D eigenvalue weighted by Crippen LogP contribution is -2.54. The van der Waals surface area contributed by atoms with Crippen molar-refractivity contribution in [3.8, 4) is 5.75 Å². The number of hydrogen-bond acceptors (Lipinski definition) is 7. The van der Waals surface area contributed by atoms with Crippen molar-refractivity contribution < 1.29 is 38.9 Å². The van der Waals surface area contributed by atoms with Crippen LogP contribution in [0.5, 0.6) is 5.75 Å². The predicted octanol–water partition coefficient (Wildman–Crippen LogP) is 4.72. The van der Waals surface area contributed by atoms with Gasteiger partial charge in [-0.1, -0.05) is 0 Å². The highest BCUT2D eigenvalue weighted by atomic mass is 16.6. The Morgan fingerprint density at radius 1 is 1.09 bits per heavy atom. The van der Waals surface area contributed by atoms with Crippen molar-refractivity contribution in [2.45, 2.75) is 121 Å². The first-order chi connectivity index (χ1) is 20.7. The summed E-state index contributed by atoms with van der Waals surface area (Å²) in [4.78, 5) is 54.8. The van der Waals surface area contributed by atoms with Crippen LogP contribution in [0.25, 0.3) is 0 Å². The van der Waals surface area contributed by atoms with E-state index in [1.54, 1.807) is 12.1 Å². The first-order valence-corrected chi connectivity index (χ1v) is 16.0. The Bertz CT molecular complexity index is 1270. The minimum Gasteiger partial charge on any atom is -0.490 e. The topological polar surface area (TPSA) is 137 Å². The summed E-state index contributed by atoms with van der Waals surface area (Å²) in [6, 6.07) is 5.02. The van der Waals surface area contributed by atoms with E-state index in [-0.39, 0.29) is 30.9 Å². The lowest BCUT2D eigenvalue weighted by atomic mass is 9.85. The number of hydrogen-bond donors (Lipinski definition) is 2. The van der Waals surface area contributed by atoms with Gasteiger partial charge in [-0.05, 0) is 96.4 Å². The van der Waals surface area contributed by atoms with Crippen LogP contribution in [-0.2, 0) is 19.9 Å². The normalized spacial score (nSPS) is 23.5. The SMILES string of the molecule is CC(C)N(CC1CCN(C(=O)OC(C)(C)C)CC1)C1CC(Oc2ccc3c(c2)C2(CC2)N(C(CCC(=O)O)C(=O)O)C3=O)C1. The van der Waals surface area contributed by atoms with Crippen LogP contribution in [0.3, 0.4) is 0 Å². The van der Waals surface area contributed by atoms with Gasteiger partial charge in [-0.2, -0.15) is 0 Å². The minimum atomic E-state index is -1.18. The van der Waals surface area contributed by atoms with E-state index in [4.69, 9.17) is 14.6 Å². The van der Waals surface area contributed by atoms with Crippen molar-refractivity contribution in [2.75, 3.05) is 19.6 Å². The van der Waals surface area contributed by atoms with Gasteiger partial charge >= 0.3 is 18.0 Å². The van der Waals surface area contributed by atoms with Gasteiger partial charge in [0.2, 0.25) is 0 Å². The Morgan fingerprint density at radius 3 is 2.30 bits per heavy atom. The molecule has 0 bridgehead atoms. The first-order valence-electron chi connectivity index (χ1n) is 16.0. The second-order valence-corrected chi connectivity index (χ2v) is 14.3. The number of piperidine rings is 1. The molecule has 2 heterocycles. The van der Waals surface area contributed by atoms with Gasteiger partial charge in [0.1, 0.15) is 23.5 Å². The smallest absolute Gasteiger partial charge is 0.410 e. The van der Waals surface area contributed by atoms with Crippen molar-refractivity contribution >= 4 is 23.9 Å². The fraction of sp³-hybridized carbons (Fsp3) is 0.697. The third-order valence-corrected chi connectivity index (χ3v) is 9.59. The van der Waals surface area contributed by atoms with Crippen LogP contribution in [0.1, 0.15) is 102 Å². The van der Waals surface area contributed by atoms with E-state index < -0.39 is 29.1 Å². The number of aliphatic carboxylic acids is 2. The van der Waals surface area contributed by atoms with E-state index in [2.05, 4.69) is 18.7 Å². The zero-order chi connectivity index (χ0) is 32.0. The molecule has 11 nitrogen and oxygen atoms in total. The molecule has 3 fully saturated rings. The number of fused-ring (bicyclic) bond motifs is 2. The molecule has 1 saturated heterocycles. The molecule has 1 spiro atoms. The van der Waals surface area contributed by atoms with Gasteiger partial charge in [-0.15, -0.1) is 0 Å². The van der Waals surface area contributed by atoms with Crippen molar-refractivity contribution in [3.05, 3.63) is 29.3 Å². The molecule has 2 amide bonds. The predicted molar refractivity (Wildman–Crippen MR) is 162 cm³/mol. The van der Waals surface area contributed by atoms with Crippen LogP contribution < -0.4 is 4.74 Å². The standard InChI is InChI=1S/C33H47N3O8/c1-20(2)35(19-21-10-14-34(15-11-21)31(42)44-32(3,4)5)22-16-24(17-22)43-23-6-7-25-26(18-23)33(12-13-33)36(29(25)39)27(30(40)41)8-9-28(37)38/h6-7,18,20-22,24,27H,8-17,19H2,1-5H3,(H,37,38)(H,40,41). The number of nitrogens with zero attached hydrogens (tertiary/aromatic N) is 3. The first kappa shape index (κ1) is 32.1. The average molecular weight is 614 g/mol. The number of likely N-dealkylation sites (tertiary alicyclic amines) is 1. The van der Waals surface area contributed by atoms with Crippen LogP contribution >= 0.6 is 0 Å². The number of carbonyl (C=O) groups is 4. The maximum absolute atomic E-state index is 13.3. The Balaban J connectivity index is 1.16. The van der Waals surface area contributed by atoms with Crippen molar-refractivity contribution in [3.63, 3.8) is 0 Å². The van der Waals surface area contributed by atoms with Crippen molar-refractivity contribution in [1.82, 2.24) is 14.7 Å². The van der Waals surface area contributed by atoms with E-state index in [1.165, 1.54) is 4.90 Å². The molecule has 1 aromatic rings. The molecular weight excluding hydrogens is 566 g/mol. The van der Waals surface area contributed by atoms with E-state index in [0.29, 0.717) is 55.2 Å². The molecule has 1 unspecified atom stereocenters. The van der Waals surface area contributed by atoms with E-state index in [1.807, 2.05) is 31.7 Å². The number of carboxylic acid groups (broad SMARTS) is 2. The zero-order valence-corrected chi connectivity index (χ0v) is 26.6. The highest BCUT2D eigenvalue weighted by Gasteiger charge is 2.61. The summed E-state index contributed by atoms with van der Waals surface area (Å²) < 4.78 is 11.9. The molecule has 11 heteroatoms. The fourth-order valence-corrected chi connectivity index (χ4v) is 7.12. The molecule has 2 aliphatic heterocycles. The second kappa shape index (κ2) is 12.2. The molecule has 2 N–H and O–H groups in total. The maximum atomic E-state index is 13.3. The van der Waals surface area contributed by atoms with E-state index in [9.17, 15) is 24.3 Å². The summed E-state index contributed by atoms with van der Waals surface area (Å²) in [7, 11) is 0. The third-order valence-electron chi connectivity index (χ3n) is 9.59. The Hall–Kier alpha value is -3.34. The monoisotopic (exact) mass is 613 g/mol. The highest BCUT2D eigenvalue weighted by molar-refractivity contribution is 6.03. The van der Waals surface area contributed by atoms with Crippen LogP contribution in [0.15, 0.2) is 18.2 Å². The number of amides is 2. The number of carboxylic acids is 2. The summed E-state index contributed by atoms with van der Waals surface area (Å²) in [6.45, 7) is 12.5. The molecule has 44 heavy (non-hydrogen) atoms. The second-order valence-electron chi connectivity index (χ2n) is 14.3. The molecular formula is C33H47N3O8. The van der Waals surface area contributed by atoms with Gasteiger partial charge in [0.05, 0.1) is 5.54 Å². The van der Waals surface area contributed by atoms with Gasteiger partial charge in [-0.3, -0.25) is 14.5 Å². The molecule has 0 aromatic heterocycles. The maximum Gasteiger partial charge on any atom is 0.410 e. The molecule has 5 rings (SSSR count). The van der Waals surface area contributed by atoms with Crippen LogP contribution in [0.2, 0.25) is 0 Å². The Labute approximate surface area is 259 Å². The van der Waals surface area contributed by atoms with Gasteiger partial charge in [0.25, 0.3) is 5.91 Å². The largest absolute Gasteiger partial charge is 0.490 e. The lowest BCUT2D eigenvalue weighted by Gasteiger charge is -2.46. The average Bonchev–Trinajstić information content (AvgIpc) is 3.67. The molecule has 2 saturated carbocycles. The molecule has 2 aliphatic carbocycles. The van der Waals surface area contributed by atoms with Gasteiger partial charge in [0, 0.05) is 56.5 Å². The van der Waals surface area contributed by atoms with Gasteiger partial charge in [-0.25, -0.2) is 9.59 Å². The summed E-state index contributed by atoms with van der Waals surface area (Å²) in [5.74, 6) is -1.42. The number of carbonyl (C=O) groups excluding carboxylic acids is 2. The Morgan fingerprint density at radius 2 is 1.75 bits per heavy atom. The molecule has 242 valence electrons. The lowest BCUT2D eigenvalue weighted by molar-refractivity contribution is -0.144. The number of rotatable bonds is 11. The highest BCUT2D eigenvalue weighted by Crippen LogP contribution is 2.58. The van der Waals surface area contributed by atoms with Crippen LogP contribution in [0.4, 0.5) is 4.79 Å². The number of ether oxygens (including phenoxy) is 2. The Kier molecular flexibility index (Phi) is 8.90. The van der Waals surface area contributed by atoms with E-state index >= 15 is 0 Å². The van der Waals surface area contributed by atoms with Crippen molar-refractivity contribution in [1.29, 1.82) is 0 Å². The van der Waals surface area contributed by atoms with Crippen LogP contribution in [0, 0.1) is 5.92 Å². The van der Waals surface area contributed by atoms with Crippen LogP contribution in [-0.4, -0.2) is 98.3 Å².